The van der Waals surface area contributed by atoms with Crippen LogP contribution in [0.25, 0.3) is 0 Å². The van der Waals surface area contributed by atoms with E-state index >= 15 is 0 Å². The fraction of sp³-hybridized carbons (Fsp3) is 0.235. The molecule has 0 saturated carbocycles. The van der Waals surface area contributed by atoms with Crippen LogP contribution in [-0.4, -0.2) is 25.7 Å². The molecule has 0 heterocycles. The van der Waals surface area contributed by atoms with Gasteiger partial charge in [0, 0.05) is 6.54 Å². The van der Waals surface area contributed by atoms with Crippen molar-refractivity contribution in [3.8, 4) is 0 Å². The summed E-state index contributed by atoms with van der Waals surface area (Å²) in [5.41, 5.74) is 1.90. The molecular weight excluding hydrogens is 250 g/mol. The molecule has 0 aliphatic carbocycles. The van der Waals surface area contributed by atoms with Crippen LogP contribution >= 0.6 is 0 Å². The number of hydrogen-bond donors (Lipinski definition) is 1. The Balaban J connectivity index is 1.57. The van der Waals surface area contributed by atoms with Crippen LogP contribution < -0.4 is 5.32 Å². The van der Waals surface area contributed by atoms with Gasteiger partial charge in [-0.05, 0) is 30.7 Å². The molecule has 0 aromatic heterocycles. The van der Waals surface area contributed by atoms with Crippen LogP contribution in [0.1, 0.15) is 15.9 Å². The number of carbonyl (C=O) groups is 1. The van der Waals surface area contributed by atoms with Crippen LogP contribution in [-0.2, 0) is 11.2 Å². The van der Waals surface area contributed by atoms with Crippen molar-refractivity contribution in [3.05, 3.63) is 71.8 Å². The van der Waals surface area contributed by atoms with E-state index in [2.05, 4.69) is 17.4 Å². The minimum Gasteiger partial charge on any atom is -0.461 e. The summed E-state index contributed by atoms with van der Waals surface area (Å²) >= 11 is 0. The second-order valence-electron chi connectivity index (χ2n) is 4.49. The van der Waals surface area contributed by atoms with Crippen molar-refractivity contribution in [2.24, 2.45) is 0 Å². The molecule has 1 N–H and O–H groups in total. The van der Waals surface area contributed by atoms with E-state index in [0.717, 1.165) is 13.0 Å². The van der Waals surface area contributed by atoms with E-state index in [1.807, 2.05) is 36.4 Å². The standard InChI is InChI=1S/C17H19NO2/c19-17(16-9-5-2-6-10-16)20-14-13-18-12-11-15-7-3-1-4-8-15/h1-10,18H,11-14H2. The normalized spacial score (nSPS) is 10.2. The van der Waals surface area contributed by atoms with Crippen molar-refractivity contribution in [2.75, 3.05) is 19.7 Å². The van der Waals surface area contributed by atoms with Gasteiger partial charge in [0.1, 0.15) is 6.61 Å². The van der Waals surface area contributed by atoms with Crippen molar-refractivity contribution in [2.45, 2.75) is 6.42 Å². The number of carbonyl (C=O) groups excluding carboxylic acids is 1. The Morgan fingerprint density at radius 1 is 0.900 bits per heavy atom. The van der Waals surface area contributed by atoms with Crippen molar-refractivity contribution in [1.29, 1.82) is 0 Å². The molecule has 0 aliphatic rings. The molecule has 2 aromatic rings. The minimum atomic E-state index is -0.268. The van der Waals surface area contributed by atoms with Gasteiger partial charge < -0.3 is 10.1 Å². The highest BCUT2D eigenvalue weighted by molar-refractivity contribution is 5.89. The van der Waals surface area contributed by atoms with E-state index in [4.69, 9.17) is 4.74 Å². The van der Waals surface area contributed by atoms with Crippen LogP contribution in [0.2, 0.25) is 0 Å². The summed E-state index contributed by atoms with van der Waals surface area (Å²) in [4.78, 5) is 11.6. The molecule has 104 valence electrons. The van der Waals surface area contributed by atoms with Crippen molar-refractivity contribution >= 4 is 5.97 Å². The minimum absolute atomic E-state index is 0.268. The predicted molar refractivity (Wildman–Crippen MR) is 79.7 cm³/mol. The average Bonchev–Trinajstić information content (AvgIpc) is 2.52. The average molecular weight is 269 g/mol. The van der Waals surface area contributed by atoms with Crippen LogP contribution in [0.5, 0.6) is 0 Å². The molecule has 0 amide bonds. The van der Waals surface area contributed by atoms with Gasteiger partial charge in [0.2, 0.25) is 0 Å². The highest BCUT2D eigenvalue weighted by Gasteiger charge is 2.04. The number of rotatable bonds is 7. The largest absolute Gasteiger partial charge is 0.461 e. The van der Waals surface area contributed by atoms with E-state index in [1.165, 1.54) is 5.56 Å². The third-order valence-electron chi connectivity index (χ3n) is 2.95. The van der Waals surface area contributed by atoms with Gasteiger partial charge in [-0.3, -0.25) is 0 Å². The zero-order chi connectivity index (χ0) is 14.0. The topological polar surface area (TPSA) is 38.3 Å². The molecule has 0 radical (unpaired) electrons. The third-order valence-corrected chi connectivity index (χ3v) is 2.95. The van der Waals surface area contributed by atoms with Gasteiger partial charge in [-0.1, -0.05) is 48.5 Å². The van der Waals surface area contributed by atoms with Crippen LogP contribution in [0.4, 0.5) is 0 Å². The molecule has 3 nitrogen and oxygen atoms in total. The molecule has 3 heteroatoms. The summed E-state index contributed by atoms with van der Waals surface area (Å²) in [6.07, 6.45) is 0.980. The van der Waals surface area contributed by atoms with Crippen LogP contribution in [0.3, 0.4) is 0 Å². The first-order valence-electron chi connectivity index (χ1n) is 6.83. The lowest BCUT2D eigenvalue weighted by Gasteiger charge is -2.06. The molecule has 0 fully saturated rings. The first-order valence-corrected chi connectivity index (χ1v) is 6.83. The maximum Gasteiger partial charge on any atom is 0.338 e. The first kappa shape index (κ1) is 14.3. The molecule has 2 aromatic carbocycles. The maximum absolute atomic E-state index is 11.6. The van der Waals surface area contributed by atoms with E-state index in [1.54, 1.807) is 12.1 Å². The van der Waals surface area contributed by atoms with Gasteiger partial charge in [-0.15, -0.1) is 0 Å². The SMILES string of the molecule is O=C(OCCNCCc1ccccc1)c1ccccc1. The lowest BCUT2D eigenvalue weighted by molar-refractivity contribution is 0.0509. The van der Waals surface area contributed by atoms with E-state index in [0.29, 0.717) is 18.7 Å². The molecular formula is C17H19NO2. The second-order valence-corrected chi connectivity index (χ2v) is 4.49. The number of hydrogen-bond acceptors (Lipinski definition) is 3. The molecule has 0 bridgehead atoms. The first-order chi connectivity index (χ1) is 9.86. The quantitative estimate of drug-likeness (QED) is 0.620. The van der Waals surface area contributed by atoms with Crippen LogP contribution in [0.15, 0.2) is 60.7 Å². The Morgan fingerprint density at radius 3 is 2.25 bits per heavy atom. The van der Waals surface area contributed by atoms with E-state index < -0.39 is 0 Å². The Morgan fingerprint density at radius 2 is 1.55 bits per heavy atom. The number of esters is 1. The van der Waals surface area contributed by atoms with Crippen molar-refractivity contribution in [3.63, 3.8) is 0 Å². The van der Waals surface area contributed by atoms with Gasteiger partial charge in [0.15, 0.2) is 0 Å². The van der Waals surface area contributed by atoms with E-state index in [9.17, 15) is 4.79 Å². The summed E-state index contributed by atoms with van der Waals surface area (Å²) in [5, 5.41) is 3.26. The predicted octanol–water partition coefficient (Wildman–Crippen LogP) is 2.68. The Hall–Kier alpha value is -2.13. The van der Waals surface area contributed by atoms with Gasteiger partial charge in [0.05, 0.1) is 5.56 Å². The van der Waals surface area contributed by atoms with E-state index in [-0.39, 0.29) is 5.97 Å². The Bertz CT molecular complexity index is 511. The molecule has 0 spiro atoms. The Kier molecular flexibility index (Phi) is 5.80. The second kappa shape index (κ2) is 8.12. The maximum atomic E-state index is 11.6. The molecule has 0 unspecified atom stereocenters. The monoisotopic (exact) mass is 269 g/mol. The smallest absolute Gasteiger partial charge is 0.338 e. The molecule has 20 heavy (non-hydrogen) atoms. The van der Waals surface area contributed by atoms with Gasteiger partial charge >= 0.3 is 5.97 Å². The highest BCUT2D eigenvalue weighted by atomic mass is 16.5. The number of benzene rings is 2. The number of nitrogens with one attached hydrogen (secondary N) is 1. The fourth-order valence-electron chi connectivity index (χ4n) is 1.88. The highest BCUT2D eigenvalue weighted by Crippen LogP contribution is 2.00. The number of ether oxygens (including phenoxy) is 1. The zero-order valence-electron chi connectivity index (χ0n) is 11.4. The lowest BCUT2D eigenvalue weighted by Crippen LogP contribution is -2.23. The zero-order valence-corrected chi connectivity index (χ0v) is 11.4. The molecule has 0 aliphatic heterocycles. The molecule has 0 atom stereocenters. The summed E-state index contributed by atoms with van der Waals surface area (Å²) < 4.78 is 5.18. The summed E-state index contributed by atoms with van der Waals surface area (Å²) in [6.45, 7) is 1.95. The van der Waals surface area contributed by atoms with Gasteiger partial charge in [-0.25, -0.2) is 4.79 Å². The summed E-state index contributed by atoms with van der Waals surface area (Å²) in [7, 11) is 0. The molecule has 0 saturated heterocycles. The fourth-order valence-corrected chi connectivity index (χ4v) is 1.88. The van der Waals surface area contributed by atoms with Gasteiger partial charge in [-0.2, -0.15) is 0 Å². The molecule has 2 rings (SSSR count). The summed E-state index contributed by atoms with van der Waals surface area (Å²) in [6, 6.07) is 19.4. The Labute approximate surface area is 119 Å². The third kappa shape index (κ3) is 4.86. The van der Waals surface area contributed by atoms with Crippen molar-refractivity contribution in [1.82, 2.24) is 5.32 Å². The van der Waals surface area contributed by atoms with Crippen LogP contribution in [0, 0.1) is 0 Å². The van der Waals surface area contributed by atoms with Crippen molar-refractivity contribution < 1.29 is 9.53 Å². The summed E-state index contributed by atoms with van der Waals surface area (Å²) in [5.74, 6) is -0.268. The lowest BCUT2D eigenvalue weighted by atomic mass is 10.1. The van der Waals surface area contributed by atoms with Gasteiger partial charge in [0.25, 0.3) is 0 Å².